The number of nitrogens with zero attached hydrogens (tertiary/aromatic N) is 2. The lowest BCUT2D eigenvalue weighted by molar-refractivity contribution is 0.557. The molecule has 0 N–H and O–H groups in total. The van der Waals surface area contributed by atoms with E-state index in [4.69, 9.17) is 0 Å². The van der Waals surface area contributed by atoms with Crippen molar-refractivity contribution in [2.75, 3.05) is 18.5 Å². The van der Waals surface area contributed by atoms with Gasteiger partial charge in [-0.05, 0) is 24.0 Å². The first kappa shape index (κ1) is 13.5. The second-order valence-electron chi connectivity index (χ2n) is 4.51. The molecule has 2 nitrogen and oxygen atoms in total. The van der Waals surface area contributed by atoms with Crippen molar-refractivity contribution in [1.29, 1.82) is 0 Å². The van der Waals surface area contributed by atoms with E-state index in [1.54, 1.807) is 0 Å². The minimum atomic E-state index is 0.710. The van der Waals surface area contributed by atoms with E-state index in [0.29, 0.717) is 5.92 Å². The van der Waals surface area contributed by atoms with Crippen molar-refractivity contribution in [1.82, 2.24) is 4.98 Å². The van der Waals surface area contributed by atoms with Crippen LogP contribution in [0.25, 0.3) is 0 Å². The fourth-order valence-electron chi connectivity index (χ4n) is 1.78. The Bertz CT molecular complexity index is 339. The van der Waals surface area contributed by atoms with Gasteiger partial charge in [0, 0.05) is 25.1 Å². The molecule has 1 atom stereocenters. The second kappa shape index (κ2) is 6.24. The van der Waals surface area contributed by atoms with Crippen molar-refractivity contribution < 1.29 is 0 Å². The fraction of sp³-hybridized carbons (Fsp3) is 0.615. The fourth-order valence-corrected chi connectivity index (χ4v) is 2.09. The minimum absolute atomic E-state index is 0.710. The third-order valence-electron chi connectivity index (χ3n) is 2.91. The van der Waals surface area contributed by atoms with E-state index in [9.17, 15) is 0 Å². The molecule has 0 spiro atoms. The van der Waals surface area contributed by atoms with E-state index in [1.807, 2.05) is 6.20 Å². The minimum Gasteiger partial charge on any atom is -0.359 e. The van der Waals surface area contributed by atoms with Crippen LogP contribution < -0.4 is 4.90 Å². The first-order valence-electron chi connectivity index (χ1n) is 5.81. The number of hydrogen-bond acceptors (Lipinski definition) is 2. The molecule has 1 unspecified atom stereocenters. The Hall–Kier alpha value is -0.570. The van der Waals surface area contributed by atoms with Crippen molar-refractivity contribution >= 4 is 21.7 Å². The molecular weight excluding hydrogens is 264 g/mol. The quantitative estimate of drug-likeness (QED) is 0.766. The molecule has 0 saturated carbocycles. The van der Waals surface area contributed by atoms with E-state index in [0.717, 1.165) is 17.7 Å². The number of alkyl halides is 1. The molecule has 16 heavy (non-hydrogen) atoms. The number of aromatic nitrogens is 1. The number of aryl methyl sites for hydroxylation is 1. The summed E-state index contributed by atoms with van der Waals surface area (Å²) in [6, 6.07) is 2.20. The molecule has 0 saturated heterocycles. The van der Waals surface area contributed by atoms with Crippen LogP contribution in [-0.2, 0) is 5.33 Å². The predicted molar refractivity (Wildman–Crippen MR) is 74.3 cm³/mol. The normalized spacial score (nSPS) is 12.6. The third-order valence-corrected chi connectivity index (χ3v) is 3.55. The Morgan fingerprint density at radius 3 is 2.69 bits per heavy atom. The Morgan fingerprint density at radius 1 is 1.50 bits per heavy atom. The summed E-state index contributed by atoms with van der Waals surface area (Å²) >= 11 is 3.45. The maximum absolute atomic E-state index is 4.53. The SMILES string of the molecule is CCC(C)CN(C)c1ncc(CBr)cc1C. The van der Waals surface area contributed by atoms with Crippen LogP contribution in [0.1, 0.15) is 31.4 Å². The molecule has 1 rings (SSSR count). The molecular formula is C13H21BrN2. The van der Waals surface area contributed by atoms with E-state index in [1.165, 1.54) is 17.5 Å². The molecule has 0 amide bonds. The number of anilines is 1. The molecule has 0 aromatic carbocycles. The van der Waals surface area contributed by atoms with E-state index >= 15 is 0 Å². The highest BCUT2D eigenvalue weighted by Gasteiger charge is 2.09. The zero-order chi connectivity index (χ0) is 12.1. The van der Waals surface area contributed by atoms with Gasteiger partial charge in [0.25, 0.3) is 0 Å². The van der Waals surface area contributed by atoms with Gasteiger partial charge in [0.05, 0.1) is 0 Å². The lowest BCUT2D eigenvalue weighted by Gasteiger charge is -2.23. The zero-order valence-electron chi connectivity index (χ0n) is 10.6. The van der Waals surface area contributed by atoms with Crippen LogP contribution in [0.3, 0.4) is 0 Å². The lowest BCUT2D eigenvalue weighted by Crippen LogP contribution is -2.25. The van der Waals surface area contributed by atoms with Gasteiger partial charge in [-0.3, -0.25) is 0 Å². The predicted octanol–water partition coefficient (Wildman–Crippen LogP) is 3.77. The van der Waals surface area contributed by atoms with Crippen molar-refractivity contribution in [3.05, 3.63) is 23.4 Å². The highest BCUT2D eigenvalue weighted by atomic mass is 79.9. The summed E-state index contributed by atoms with van der Waals surface area (Å²) < 4.78 is 0. The average Bonchev–Trinajstić information content (AvgIpc) is 2.28. The van der Waals surface area contributed by atoms with Crippen molar-refractivity contribution in [3.8, 4) is 0 Å². The zero-order valence-corrected chi connectivity index (χ0v) is 12.2. The van der Waals surface area contributed by atoms with Gasteiger partial charge in [0.1, 0.15) is 5.82 Å². The Kier molecular flexibility index (Phi) is 5.26. The monoisotopic (exact) mass is 284 g/mol. The third kappa shape index (κ3) is 3.48. The van der Waals surface area contributed by atoms with Crippen LogP contribution in [0, 0.1) is 12.8 Å². The van der Waals surface area contributed by atoms with Gasteiger partial charge < -0.3 is 4.90 Å². The smallest absolute Gasteiger partial charge is 0.131 e. The summed E-state index contributed by atoms with van der Waals surface area (Å²) in [6.07, 6.45) is 3.16. The largest absolute Gasteiger partial charge is 0.359 e. The van der Waals surface area contributed by atoms with Gasteiger partial charge in [-0.2, -0.15) is 0 Å². The van der Waals surface area contributed by atoms with Crippen LogP contribution in [0.5, 0.6) is 0 Å². The number of rotatable bonds is 5. The van der Waals surface area contributed by atoms with Crippen LogP contribution in [-0.4, -0.2) is 18.6 Å². The van der Waals surface area contributed by atoms with Crippen LogP contribution in [0.2, 0.25) is 0 Å². The molecule has 0 bridgehead atoms. The van der Waals surface area contributed by atoms with Crippen LogP contribution in [0.15, 0.2) is 12.3 Å². The number of halogens is 1. The first-order valence-corrected chi connectivity index (χ1v) is 6.93. The van der Waals surface area contributed by atoms with Crippen molar-refractivity contribution in [2.45, 2.75) is 32.5 Å². The number of hydrogen-bond donors (Lipinski definition) is 0. The Morgan fingerprint density at radius 2 is 2.19 bits per heavy atom. The summed E-state index contributed by atoms with van der Waals surface area (Å²) in [6.45, 7) is 7.70. The van der Waals surface area contributed by atoms with Gasteiger partial charge in [0.2, 0.25) is 0 Å². The molecule has 0 radical (unpaired) electrons. The summed E-state index contributed by atoms with van der Waals surface area (Å²) in [5, 5.41) is 0.871. The van der Waals surface area contributed by atoms with Crippen LogP contribution >= 0.6 is 15.9 Å². The average molecular weight is 285 g/mol. The highest BCUT2D eigenvalue weighted by molar-refractivity contribution is 9.08. The summed E-state index contributed by atoms with van der Waals surface area (Å²) in [4.78, 5) is 6.78. The maximum Gasteiger partial charge on any atom is 0.131 e. The molecule has 3 heteroatoms. The molecule has 0 aliphatic rings. The first-order chi connectivity index (χ1) is 7.58. The van der Waals surface area contributed by atoms with E-state index in [-0.39, 0.29) is 0 Å². The van der Waals surface area contributed by atoms with Crippen LogP contribution in [0.4, 0.5) is 5.82 Å². The van der Waals surface area contributed by atoms with E-state index in [2.05, 4.69) is 59.7 Å². The van der Waals surface area contributed by atoms with Crippen molar-refractivity contribution in [2.24, 2.45) is 5.92 Å². The standard InChI is InChI=1S/C13H21BrN2/c1-5-10(2)9-16(4)13-11(3)6-12(7-14)8-15-13/h6,8,10H,5,7,9H2,1-4H3. The molecule has 1 aromatic heterocycles. The topological polar surface area (TPSA) is 16.1 Å². The highest BCUT2D eigenvalue weighted by Crippen LogP contribution is 2.19. The van der Waals surface area contributed by atoms with E-state index < -0.39 is 0 Å². The molecule has 0 aliphatic heterocycles. The Balaban J connectivity index is 2.79. The van der Waals surface area contributed by atoms with Gasteiger partial charge in [-0.15, -0.1) is 0 Å². The summed E-state index contributed by atoms with van der Waals surface area (Å²) in [5.41, 5.74) is 2.49. The van der Waals surface area contributed by atoms with Gasteiger partial charge >= 0.3 is 0 Å². The molecule has 0 aliphatic carbocycles. The Labute approximate surface area is 107 Å². The summed E-state index contributed by atoms with van der Waals surface area (Å²) in [7, 11) is 2.12. The molecule has 1 heterocycles. The number of pyridine rings is 1. The summed E-state index contributed by atoms with van der Waals surface area (Å²) in [5.74, 6) is 1.81. The van der Waals surface area contributed by atoms with Gasteiger partial charge in [-0.25, -0.2) is 4.98 Å². The van der Waals surface area contributed by atoms with Gasteiger partial charge in [-0.1, -0.05) is 42.3 Å². The molecule has 1 aromatic rings. The second-order valence-corrected chi connectivity index (χ2v) is 5.07. The van der Waals surface area contributed by atoms with Crippen molar-refractivity contribution in [3.63, 3.8) is 0 Å². The maximum atomic E-state index is 4.53. The molecule has 90 valence electrons. The molecule has 0 fully saturated rings. The lowest BCUT2D eigenvalue weighted by atomic mass is 10.1. The van der Waals surface area contributed by atoms with Gasteiger partial charge in [0.15, 0.2) is 0 Å².